The number of nitrogens with one attached hydrogen (secondary N) is 2. The van der Waals surface area contributed by atoms with Crippen molar-refractivity contribution in [2.45, 2.75) is 26.3 Å². The molecule has 1 unspecified atom stereocenters. The van der Waals surface area contributed by atoms with Crippen LogP contribution in [-0.2, 0) is 11.2 Å². The van der Waals surface area contributed by atoms with E-state index in [1.165, 1.54) is 12.1 Å². The Hall–Kier alpha value is -1.79. The molecule has 1 aromatic carbocycles. The van der Waals surface area contributed by atoms with Gasteiger partial charge in [0, 0.05) is 32.6 Å². The van der Waals surface area contributed by atoms with Crippen LogP contribution in [0.25, 0.3) is 0 Å². The van der Waals surface area contributed by atoms with Gasteiger partial charge in [-0.2, -0.15) is 4.98 Å². The largest absolute Gasteiger partial charge is 0.379 e. The Morgan fingerprint density at radius 3 is 2.60 bits per heavy atom. The molecule has 0 spiro atoms. The number of rotatable bonds is 8. The number of benzene rings is 1. The van der Waals surface area contributed by atoms with Gasteiger partial charge in [0.05, 0.1) is 25.8 Å². The van der Waals surface area contributed by atoms with Gasteiger partial charge in [-0.1, -0.05) is 17.3 Å². The first-order chi connectivity index (χ1) is 14.2. The number of nitrogens with zero attached hydrogens (tertiary/aromatic N) is 4. The van der Waals surface area contributed by atoms with E-state index in [4.69, 9.17) is 14.3 Å². The lowest BCUT2D eigenvalue weighted by Crippen LogP contribution is -2.42. The second-order valence-corrected chi connectivity index (χ2v) is 6.85. The van der Waals surface area contributed by atoms with Crippen LogP contribution in [-0.4, -0.2) is 66.9 Å². The average molecular weight is 532 g/mol. The van der Waals surface area contributed by atoms with Crippen molar-refractivity contribution in [2.75, 3.05) is 45.9 Å². The van der Waals surface area contributed by atoms with Gasteiger partial charge in [-0.05, 0) is 31.5 Å². The molecule has 8 nitrogen and oxygen atoms in total. The number of aryl methyl sites for hydroxylation is 1. The van der Waals surface area contributed by atoms with Crippen LogP contribution in [0.5, 0.6) is 0 Å². The van der Waals surface area contributed by atoms with E-state index in [1.54, 1.807) is 6.92 Å². The molecule has 10 heteroatoms. The van der Waals surface area contributed by atoms with E-state index in [2.05, 4.69) is 25.7 Å². The molecule has 2 aromatic rings. The lowest BCUT2D eigenvalue weighted by molar-refractivity contribution is 0.0179. The number of hydrogen-bond acceptors (Lipinski definition) is 6. The number of halogens is 2. The van der Waals surface area contributed by atoms with Crippen molar-refractivity contribution < 1.29 is 13.7 Å². The van der Waals surface area contributed by atoms with E-state index in [9.17, 15) is 4.39 Å². The number of aromatic nitrogens is 2. The second-order valence-electron chi connectivity index (χ2n) is 6.85. The zero-order valence-electron chi connectivity index (χ0n) is 17.4. The minimum Gasteiger partial charge on any atom is -0.379 e. The predicted octanol–water partition coefficient (Wildman–Crippen LogP) is 2.31. The van der Waals surface area contributed by atoms with Crippen molar-refractivity contribution in [1.29, 1.82) is 0 Å². The smallest absolute Gasteiger partial charge is 0.228 e. The van der Waals surface area contributed by atoms with Crippen molar-refractivity contribution in [3.05, 3.63) is 47.4 Å². The number of morpholine rings is 1. The standard InChI is InChI=1S/C20H29FN6O2.HI/c1-3-22-20(23-9-8-19-25-15(2)26-29-19)24-14-18(27-10-12-28-13-11-27)16-4-6-17(21)7-5-16;/h4-7,18H,3,8-14H2,1-2H3,(H2,22,23,24);1H. The second kappa shape index (κ2) is 12.8. The van der Waals surface area contributed by atoms with E-state index in [-0.39, 0.29) is 35.8 Å². The third kappa shape index (κ3) is 7.47. The fraction of sp³-hybridized carbons (Fsp3) is 0.550. The summed E-state index contributed by atoms with van der Waals surface area (Å²) in [5.41, 5.74) is 1.05. The molecule has 0 saturated carbocycles. The zero-order valence-corrected chi connectivity index (χ0v) is 19.8. The van der Waals surface area contributed by atoms with Gasteiger partial charge < -0.3 is 19.9 Å². The summed E-state index contributed by atoms with van der Waals surface area (Å²) in [7, 11) is 0. The molecule has 0 bridgehead atoms. The Labute approximate surface area is 193 Å². The molecular weight excluding hydrogens is 502 g/mol. The molecule has 0 radical (unpaired) electrons. The van der Waals surface area contributed by atoms with Crippen molar-refractivity contribution >= 4 is 29.9 Å². The third-order valence-corrected chi connectivity index (χ3v) is 4.71. The highest BCUT2D eigenvalue weighted by Gasteiger charge is 2.22. The van der Waals surface area contributed by atoms with E-state index in [1.807, 2.05) is 19.1 Å². The SMILES string of the molecule is CCNC(=NCC(c1ccc(F)cc1)N1CCOCC1)NCCc1nc(C)no1.I. The Kier molecular flexibility index (Phi) is 10.4. The Morgan fingerprint density at radius 2 is 1.97 bits per heavy atom. The summed E-state index contributed by atoms with van der Waals surface area (Å²) in [5, 5.41) is 10.4. The highest BCUT2D eigenvalue weighted by molar-refractivity contribution is 14.0. The minimum absolute atomic E-state index is 0. The van der Waals surface area contributed by atoms with Gasteiger partial charge in [0.25, 0.3) is 0 Å². The quantitative estimate of drug-likeness (QED) is 0.307. The number of guanidine groups is 1. The summed E-state index contributed by atoms with van der Waals surface area (Å²) in [6.07, 6.45) is 0.621. The van der Waals surface area contributed by atoms with Crippen LogP contribution < -0.4 is 10.6 Å². The van der Waals surface area contributed by atoms with Crippen LogP contribution >= 0.6 is 24.0 Å². The summed E-state index contributed by atoms with van der Waals surface area (Å²) in [5.74, 6) is 1.73. The van der Waals surface area contributed by atoms with Gasteiger partial charge in [0.1, 0.15) is 5.82 Å². The summed E-state index contributed by atoms with van der Waals surface area (Å²) in [6, 6.07) is 6.74. The summed E-state index contributed by atoms with van der Waals surface area (Å²) in [6.45, 7) is 8.82. The van der Waals surface area contributed by atoms with Crippen LogP contribution in [0.15, 0.2) is 33.8 Å². The maximum atomic E-state index is 13.4. The van der Waals surface area contributed by atoms with Gasteiger partial charge >= 0.3 is 0 Å². The number of aliphatic imine (C=N–C) groups is 1. The molecule has 2 N–H and O–H groups in total. The predicted molar refractivity (Wildman–Crippen MR) is 124 cm³/mol. The van der Waals surface area contributed by atoms with Crippen molar-refractivity contribution in [2.24, 2.45) is 4.99 Å². The van der Waals surface area contributed by atoms with Gasteiger partial charge in [-0.15, -0.1) is 24.0 Å². The monoisotopic (exact) mass is 532 g/mol. The molecule has 1 aliphatic rings. The summed E-state index contributed by atoms with van der Waals surface area (Å²) >= 11 is 0. The number of ether oxygens (including phenoxy) is 1. The molecule has 1 fully saturated rings. The molecular formula is C20H30FIN6O2. The van der Waals surface area contributed by atoms with Crippen LogP contribution in [0.1, 0.15) is 30.2 Å². The summed E-state index contributed by atoms with van der Waals surface area (Å²) < 4.78 is 24.0. The Balaban J connectivity index is 0.00000320. The van der Waals surface area contributed by atoms with Gasteiger partial charge in [-0.3, -0.25) is 9.89 Å². The van der Waals surface area contributed by atoms with Crippen LogP contribution in [0, 0.1) is 12.7 Å². The minimum atomic E-state index is -0.232. The fourth-order valence-corrected chi connectivity index (χ4v) is 3.25. The van der Waals surface area contributed by atoms with E-state index in [0.29, 0.717) is 44.4 Å². The van der Waals surface area contributed by atoms with Crippen molar-refractivity contribution in [1.82, 2.24) is 25.7 Å². The van der Waals surface area contributed by atoms with Crippen LogP contribution in [0.3, 0.4) is 0 Å². The lowest BCUT2D eigenvalue weighted by Gasteiger charge is -2.34. The maximum Gasteiger partial charge on any atom is 0.228 e. The van der Waals surface area contributed by atoms with E-state index >= 15 is 0 Å². The van der Waals surface area contributed by atoms with Crippen LogP contribution in [0.4, 0.5) is 4.39 Å². The molecule has 30 heavy (non-hydrogen) atoms. The molecule has 1 saturated heterocycles. The van der Waals surface area contributed by atoms with Gasteiger partial charge in [0.15, 0.2) is 11.8 Å². The highest BCUT2D eigenvalue weighted by atomic mass is 127. The molecule has 2 heterocycles. The molecule has 1 aromatic heterocycles. The topological polar surface area (TPSA) is 87.8 Å². The molecule has 1 atom stereocenters. The average Bonchev–Trinajstić information content (AvgIpc) is 3.15. The van der Waals surface area contributed by atoms with Gasteiger partial charge in [0.2, 0.25) is 5.89 Å². The zero-order chi connectivity index (χ0) is 20.5. The van der Waals surface area contributed by atoms with Gasteiger partial charge in [-0.25, -0.2) is 4.39 Å². The summed E-state index contributed by atoms with van der Waals surface area (Å²) in [4.78, 5) is 11.3. The van der Waals surface area contributed by atoms with E-state index in [0.717, 1.165) is 31.2 Å². The van der Waals surface area contributed by atoms with Crippen LogP contribution in [0.2, 0.25) is 0 Å². The first-order valence-corrected chi connectivity index (χ1v) is 10.0. The first-order valence-electron chi connectivity index (χ1n) is 10.0. The molecule has 166 valence electrons. The normalized spacial score (nSPS) is 16.0. The molecule has 3 rings (SSSR count). The number of hydrogen-bond donors (Lipinski definition) is 2. The Morgan fingerprint density at radius 1 is 1.23 bits per heavy atom. The molecule has 1 aliphatic heterocycles. The maximum absolute atomic E-state index is 13.4. The Bertz CT molecular complexity index is 780. The van der Waals surface area contributed by atoms with Crippen molar-refractivity contribution in [3.8, 4) is 0 Å². The fourth-order valence-electron chi connectivity index (χ4n) is 3.25. The van der Waals surface area contributed by atoms with E-state index < -0.39 is 0 Å². The lowest BCUT2D eigenvalue weighted by atomic mass is 10.0. The van der Waals surface area contributed by atoms with Crippen molar-refractivity contribution in [3.63, 3.8) is 0 Å². The highest BCUT2D eigenvalue weighted by Crippen LogP contribution is 2.22. The third-order valence-electron chi connectivity index (χ3n) is 4.71. The molecule has 0 aliphatic carbocycles. The first kappa shape index (κ1) is 24.5. The molecule has 0 amide bonds.